The zero-order chi connectivity index (χ0) is 19.6. The monoisotopic (exact) mass is 422 g/mol. The molecular formula is C19H12Cl2O5S. The summed E-state index contributed by atoms with van der Waals surface area (Å²) in [6, 6.07) is 16.5. The largest absolute Gasteiger partial charge is 0.456 e. The zero-order valence-corrected chi connectivity index (χ0v) is 15.9. The first-order chi connectivity index (χ1) is 12.8. The highest BCUT2D eigenvalue weighted by Crippen LogP contribution is 2.36. The van der Waals surface area contributed by atoms with Crippen molar-refractivity contribution in [3.8, 4) is 11.5 Å². The number of ketones is 1. The zero-order valence-electron chi connectivity index (χ0n) is 13.6. The summed E-state index contributed by atoms with van der Waals surface area (Å²) >= 11 is 12.4. The van der Waals surface area contributed by atoms with Crippen LogP contribution in [0.25, 0.3) is 0 Å². The predicted octanol–water partition coefficient (Wildman–Crippen LogP) is 5.26. The molecule has 27 heavy (non-hydrogen) atoms. The summed E-state index contributed by atoms with van der Waals surface area (Å²) < 4.78 is 36.8. The minimum atomic E-state index is -4.30. The van der Waals surface area contributed by atoms with Crippen molar-refractivity contribution in [1.82, 2.24) is 0 Å². The second kappa shape index (κ2) is 7.70. The van der Waals surface area contributed by atoms with Crippen molar-refractivity contribution in [3.05, 3.63) is 87.9 Å². The number of rotatable bonds is 5. The molecule has 0 saturated carbocycles. The van der Waals surface area contributed by atoms with Crippen LogP contribution in [0.3, 0.4) is 0 Å². The maximum Gasteiger partial charge on any atom is 0.294 e. The summed E-state index contributed by atoms with van der Waals surface area (Å²) in [5.41, 5.74) is 0.630. The van der Waals surface area contributed by atoms with Crippen LogP contribution in [0, 0.1) is 0 Å². The first-order valence-electron chi connectivity index (χ1n) is 7.60. The van der Waals surface area contributed by atoms with Gasteiger partial charge in [0.05, 0.1) is 9.92 Å². The van der Waals surface area contributed by atoms with E-state index in [0.29, 0.717) is 5.56 Å². The number of hydrogen-bond donors (Lipinski definition) is 1. The molecule has 3 rings (SSSR count). The van der Waals surface area contributed by atoms with Gasteiger partial charge in [-0.15, -0.1) is 0 Å². The molecule has 0 unspecified atom stereocenters. The molecule has 138 valence electrons. The summed E-state index contributed by atoms with van der Waals surface area (Å²) in [4.78, 5) is 12.4. The van der Waals surface area contributed by atoms with Gasteiger partial charge in [0.1, 0.15) is 11.5 Å². The van der Waals surface area contributed by atoms with Gasteiger partial charge >= 0.3 is 0 Å². The molecule has 3 aromatic rings. The van der Waals surface area contributed by atoms with Crippen LogP contribution < -0.4 is 4.74 Å². The first kappa shape index (κ1) is 19.4. The van der Waals surface area contributed by atoms with Crippen LogP contribution in [0.15, 0.2) is 71.6 Å². The average Bonchev–Trinajstić information content (AvgIpc) is 2.64. The number of halogens is 2. The molecule has 0 heterocycles. The Morgan fingerprint density at radius 2 is 1.56 bits per heavy atom. The molecule has 0 radical (unpaired) electrons. The number of hydrogen-bond acceptors (Lipinski definition) is 4. The summed E-state index contributed by atoms with van der Waals surface area (Å²) in [5.74, 6) is 0.0856. The Hall–Kier alpha value is -2.38. The Morgan fingerprint density at radius 1 is 0.926 bits per heavy atom. The molecule has 0 spiro atoms. The summed E-state index contributed by atoms with van der Waals surface area (Å²) in [5, 5.41) is 0.329. The number of ether oxygens (including phenoxy) is 1. The van der Waals surface area contributed by atoms with E-state index in [9.17, 15) is 13.2 Å². The Bertz CT molecular complexity index is 1090. The topological polar surface area (TPSA) is 80.7 Å². The Kier molecular flexibility index (Phi) is 5.53. The highest BCUT2D eigenvalue weighted by molar-refractivity contribution is 7.85. The number of benzene rings is 3. The third-order valence-electron chi connectivity index (χ3n) is 3.63. The molecule has 0 aliphatic carbocycles. The van der Waals surface area contributed by atoms with E-state index >= 15 is 0 Å². The van der Waals surface area contributed by atoms with Crippen molar-refractivity contribution >= 4 is 39.1 Å². The van der Waals surface area contributed by atoms with Gasteiger partial charge in [-0.25, -0.2) is 0 Å². The molecule has 5 nitrogen and oxygen atoms in total. The fourth-order valence-corrected chi connectivity index (χ4v) is 3.28. The summed E-state index contributed by atoms with van der Waals surface area (Å²) in [6.45, 7) is 0. The van der Waals surface area contributed by atoms with E-state index in [0.717, 1.165) is 0 Å². The Balaban J connectivity index is 1.95. The molecule has 0 aliphatic rings. The van der Waals surface area contributed by atoms with Crippen molar-refractivity contribution in [3.63, 3.8) is 0 Å². The lowest BCUT2D eigenvalue weighted by molar-refractivity contribution is 0.103. The molecule has 0 atom stereocenters. The van der Waals surface area contributed by atoms with E-state index in [1.807, 2.05) is 0 Å². The van der Waals surface area contributed by atoms with Crippen molar-refractivity contribution in [2.24, 2.45) is 0 Å². The normalized spacial score (nSPS) is 11.2. The lowest BCUT2D eigenvalue weighted by atomic mass is 10.0. The molecule has 0 aromatic heterocycles. The van der Waals surface area contributed by atoms with Gasteiger partial charge in [-0.1, -0.05) is 53.5 Å². The second-order valence-corrected chi connectivity index (χ2v) is 7.75. The fourth-order valence-electron chi connectivity index (χ4n) is 2.36. The average molecular weight is 423 g/mol. The van der Waals surface area contributed by atoms with Gasteiger partial charge in [0.25, 0.3) is 10.1 Å². The highest BCUT2D eigenvalue weighted by Gasteiger charge is 2.18. The van der Waals surface area contributed by atoms with Gasteiger partial charge in [-0.05, 0) is 30.3 Å². The molecule has 3 aromatic carbocycles. The smallest absolute Gasteiger partial charge is 0.294 e. The van der Waals surface area contributed by atoms with Crippen LogP contribution in [0.1, 0.15) is 15.9 Å². The molecule has 0 aliphatic heterocycles. The maximum absolute atomic E-state index is 12.7. The van der Waals surface area contributed by atoms with E-state index in [2.05, 4.69) is 0 Å². The van der Waals surface area contributed by atoms with Crippen LogP contribution in [0.4, 0.5) is 0 Å². The van der Waals surface area contributed by atoms with E-state index in [1.165, 1.54) is 36.4 Å². The molecule has 0 bridgehead atoms. The van der Waals surface area contributed by atoms with Gasteiger partial charge in [0.2, 0.25) is 0 Å². The third kappa shape index (κ3) is 4.48. The molecular weight excluding hydrogens is 411 g/mol. The van der Waals surface area contributed by atoms with E-state index in [1.54, 1.807) is 30.3 Å². The quantitative estimate of drug-likeness (QED) is 0.447. The van der Waals surface area contributed by atoms with Gasteiger partial charge in [0, 0.05) is 22.2 Å². The van der Waals surface area contributed by atoms with Crippen LogP contribution in [0.5, 0.6) is 11.5 Å². The van der Waals surface area contributed by atoms with Gasteiger partial charge in [-0.3, -0.25) is 9.35 Å². The van der Waals surface area contributed by atoms with Crippen LogP contribution >= 0.6 is 23.2 Å². The predicted molar refractivity (Wildman–Crippen MR) is 103 cm³/mol. The van der Waals surface area contributed by atoms with E-state index in [-0.39, 0.29) is 37.8 Å². The summed E-state index contributed by atoms with van der Waals surface area (Å²) in [7, 11) is -4.30. The number of carbonyl (C=O) groups excluding carboxylic acids is 1. The molecule has 0 amide bonds. The van der Waals surface area contributed by atoms with E-state index < -0.39 is 10.1 Å². The SMILES string of the molecule is O=C(c1ccccc1)c1cc(Cl)cc(Oc2ccc(S(=O)(=O)O)cc2)c1Cl. The lowest BCUT2D eigenvalue weighted by Crippen LogP contribution is -2.03. The maximum atomic E-state index is 12.7. The molecule has 0 fully saturated rings. The lowest BCUT2D eigenvalue weighted by Gasteiger charge is -2.12. The van der Waals surface area contributed by atoms with Crippen LogP contribution in [0.2, 0.25) is 10.0 Å². The van der Waals surface area contributed by atoms with Crippen LogP contribution in [-0.4, -0.2) is 18.8 Å². The third-order valence-corrected chi connectivity index (χ3v) is 5.11. The molecule has 8 heteroatoms. The minimum absolute atomic E-state index is 0.0760. The van der Waals surface area contributed by atoms with Gasteiger partial charge in [0.15, 0.2) is 5.78 Å². The van der Waals surface area contributed by atoms with Crippen molar-refractivity contribution in [1.29, 1.82) is 0 Å². The van der Waals surface area contributed by atoms with Gasteiger partial charge < -0.3 is 4.74 Å². The Morgan fingerprint density at radius 3 is 2.15 bits per heavy atom. The van der Waals surface area contributed by atoms with Crippen LogP contribution in [-0.2, 0) is 10.1 Å². The summed E-state index contributed by atoms with van der Waals surface area (Å²) in [6.07, 6.45) is 0. The molecule has 0 saturated heterocycles. The van der Waals surface area contributed by atoms with Crippen molar-refractivity contribution in [2.75, 3.05) is 0 Å². The van der Waals surface area contributed by atoms with Crippen molar-refractivity contribution < 1.29 is 22.5 Å². The Labute approximate surface area is 165 Å². The van der Waals surface area contributed by atoms with Crippen molar-refractivity contribution in [2.45, 2.75) is 4.90 Å². The minimum Gasteiger partial charge on any atom is -0.456 e. The van der Waals surface area contributed by atoms with E-state index in [4.69, 9.17) is 32.5 Å². The second-order valence-electron chi connectivity index (χ2n) is 5.51. The first-order valence-corrected chi connectivity index (χ1v) is 9.79. The molecule has 1 N–H and O–H groups in total. The number of carbonyl (C=O) groups is 1. The highest BCUT2D eigenvalue weighted by atomic mass is 35.5. The standard InChI is InChI=1S/C19H12Cl2O5S/c20-13-10-16(19(22)12-4-2-1-3-5-12)18(21)17(11-13)26-14-6-8-15(9-7-14)27(23,24)25/h1-11H,(H,23,24,25). The van der Waals surface area contributed by atoms with Gasteiger partial charge in [-0.2, -0.15) is 8.42 Å². The fraction of sp³-hybridized carbons (Fsp3) is 0.